The van der Waals surface area contributed by atoms with Crippen molar-refractivity contribution in [3.63, 3.8) is 0 Å². The van der Waals surface area contributed by atoms with Crippen LogP contribution in [-0.4, -0.2) is 77.9 Å². The highest BCUT2D eigenvalue weighted by molar-refractivity contribution is 6.14. The summed E-state index contributed by atoms with van der Waals surface area (Å²) < 4.78 is 11.5. The number of carbonyl (C=O) groups excluding carboxylic acids is 1. The van der Waals surface area contributed by atoms with Crippen molar-refractivity contribution in [2.24, 2.45) is 4.99 Å². The molecule has 1 aromatic heterocycles. The summed E-state index contributed by atoms with van der Waals surface area (Å²) in [5, 5.41) is 0. The SMILES string of the molecule is C[C@H]1CN(c2cc(C3=NCc4ccc(OC5(C)CC5)cc43)ncn2)CCN1CCOCC=O. The predicted octanol–water partition coefficient (Wildman–Crippen LogP) is 2.48. The minimum Gasteiger partial charge on any atom is -0.488 e. The van der Waals surface area contributed by atoms with Crippen LogP contribution in [0.5, 0.6) is 5.75 Å². The first-order valence-electron chi connectivity index (χ1n) is 11.7. The van der Waals surface area contributed by atoms with E-state index < -0.39 is 0 Å². The highest BCUT2D eigenvalue weighted by Gasteiger charge is 2.40. The quantitative estimate of drug-likeness (QED) is 0.430. The molecular formula is C25H31N5O3. The van der Waals surface area contributed by atoms with E-state index in [1.807, 2.05) is 0 Å². The van der Waals surface area contributed by atoms with E-state index in [9.17, 15) is 4.79 Å². The van der Waals surface area contributed by atoms with Crippen molar-refractivity contribution in [2.45, 2.75) is 44.9 Å². The summed E-state index contributed by atoms with van der Waals surface area (Å²) in [6.07, 6.45) is 4.65. The number of rotatable bonds is 9. The Morgan fingerprint density at radius 1 is 1.21 bits per heavy atom. The third-order valence-electron chi connectivity index (χ3n) is 6.76. The molecule has 33 heavy (non-hydrogen) atoms. The van der Waals surface area contributed by atoms with Gasteiger partial charge < -0.3 is 19.2 Å². The summed E-state index contributed by atoms with van der Waals surface area (Å²) in [6.45, 7) is 9.30. The summed E-state index contributed by atoms with van der Waals surface area (Å²) in [6, 6.07) is 8.70. The van der Waals surface area contributed by atoms with Gasteiger partial charge in [-0.15, -0.1) is 0 Å². The number of hydrogen-bond acceptors (Lipinski definition) is 8. The largest absolute Gasteiger partial charge is 0.488 e. The van der Waals surface area contributed by atoms with Gasteiger partial charge in [0.25, 0.3) is 0 Å². The first-order valence-corrected chi connectivity index (χ1v) is 11.7. The summed E-state index contributed by atoms with van der Waals surface area (Å²) in [4.78, 5) is 29.0. The van der Waals surface area contributed by atoms with Crippen LogP contribution in [0.1, 0.15) is 43.5 Å². The number of hydrogen-bond donors (Lipinski definition) is 0. The molecule has 1 saturated carbocycles. The molecule has 0 N–H and O–H groups in total. The fourth-order valence-electron chi connectivity index (χ4n) is 4.51. The van der Waals surface area contributed by atoms with Gasteiger partial charge in [0.15, 0.2) is 0 Å². The Balaban J connectivity index is 1.27. The number of aldehydes is 1. The van der Waals surface area contributed by atoms with Gasteiger partial charge in [-0.1, -0.05) is 6.07 Å². The Morgan fingerprint density at radius 3 is 2.88 bits per heavy atom. The highest BCUT2D eigenvalue weighted by atomic mass is 16.5. The van der Waals surface area contributed by atoms with Crippen LogP contribution in [0.4, 0.5) is 5.82 Å². The Bertz CT molecular complexity index is 1050. The van der Waals surface area contributed by atoms with Crippen LogP contribution in [0, 0.1) is 0 Å². The molecule has 174 valence electrons. The van der Waals surface area contributed by atoms with Crippen LogP contribution < -0.4 is 9.64 Å². The smallest absolute Gasteiger partial charge is 0.145 e. The number of piperazine rings is 1. The van der Waals surface area contributed by atoms with Crippen molar-refractivity contribution >= 4 is 17.8 Å². The number of nitrogens with zero attached hydrogens (tertiary/aromatic N) is 5. The number of anilines is 1. The van der Waals surface area contributed by atoms with E-state index in [0.717, 1.165) is 73.8 Å². The van der Waals surface area contributed by atoms with Crippen LogP contribution in [-0.2, 0) is 16.1 Å². The maximum Gasteiger partial charge on any atom is 0.145 e. The van der Waals surface area contributed by atoms with Crippen molar-refractivity contribution < 1.29 is 14.3 Å². The molecule has 8 heteroatoms. The minimum absolute atomic E-state index is 0.00825. The van der Waals surface area contributed by atoms with Gasteiger partial charge in [-0.2, -0.15) is 0 Å². The maximum atomic E-state index is 10.4. The zero-order chi connectivity index (χ0) is 22.8. The van der Waals surface area contributed by atoms with Gasteiger partial charge in [-0.25, -0.2) is 9.97 Å². The van der Waals surface area contributed by atoms with Crippen molar-refractivity contribution in [1.82, 2.24) is 14.9 Å². The lowest BCUT2D eigenvalue weighted by molar-refractivity contribution is -0.112. The van der Waals surface area contributed by atoms with Crippen molar-refractivity contribution in [3.8, 4) is 5.75 Å². The summed E-state index contributed by atoms with van der Waals surface area (Å²) >= 11 is 0. The van der Waals surface area contributed by atoms with Gasteiger partial charge in [-0.3, -0.25) is 9.89 Å². The first kappa shape index (κ1) is 22.0. The second-order valence-electron chi connectivity index (χ2n) is 9.37. The minimum atomic E-state index is -0.00825. The molecule has 1 aliphatic carbocycles. The molecule has 0 bridgehead atoms. The Labute approximate surface area is 194 Å². The number of carbonyl (C=O) groups is 1. The molecule has 5 rings (SSSR count). The third-order valence-corrected chi connectivity index (χ3v) is 6.76. The molecule has 0 radical (unpaired) electrons. The number of aromatic nitrogens is 2. The van der Waals surface area contributed by atoms with E-state index in [1.54, 1.807) is 6.33 Å². The van der Waals surface area contributed by atoms with Gasteiger partial charge in [0.2, 0.25) is 0 Å². The van der Waals surface area contributed by atoms with E-state index >= 15 is 0 Å². The maximum absolute atomic E-state index is 10.4. The fraction of sp³-hybridized carbons (Fsp3) is 0.520. The summed E-state index contributed by atoms with van der Waals surface area (Å²) in [7, 11) is 0. The lowest BCUT2D eigenvalue weighted by Crippen LogP contribution is -2.53. The summed E-state index contributed by atoms with van der Waals surface area (Å²) in [5.41, 5.74) is 4.07. The van der Waals surface area contributed by atoms with Gasteiger partial charge in [0.05, 0.1) is 24.6 Å². The third kappa shape index (κ3) is 4.91. The average molecular weight is 450 g/mol. The predicted molar refractivity (Wildman–Crippen MR) is 126 cm³/mol. The lowest BCUT2D eigenvalue weighted by Gasteiger charge is -2.40. The molecule has 1 saturated heterocycles. The zero-order valence-corrected chi connectivity index (χ0v) is 19.4. The van der Waals surface area contributed by atoms with Gasteiger partial charge in [0.1, 0.15) is 36.4 Å². The highest BCUT2D eigenvalue weighted by Crippen LogP contribution is 2.40. The van der Waals surface area contributed by atoms with Crippen LogP contribution in [0.25, 0.3) is 0 Å². The zero-order valence-electron chi connectivity index (χ0n) is 19.4. The standard InChI is InChI=1S/C25H31N5O3/c1-18-16-30(8-7-29(18)9-11-32-12-10-31)23-14-22(27-17-28-23)24-21-13-20(33-25(2)5-6-25)4-3-19(21)15-26-24/h3-4,10,13-14,17-18H,5-9,11-12,15-16H2,1-2H3/t18-/m0/s1. The molecule has 1 aromatic carbocycles. The fourth-order valence-corrected chi connectivity index (χ4v) is 4.51. The van der Waals surface area contributed by atoms with Crippen molar-refractivity contribution in [1.29, 1.82) is 0 Å². The first-order chi connectivity index (χ1) is 16.0. The van der Waals surface area contributed by atoms with E-state index in [4.69, 9.17) is 14.5 Å². The molecule has 0 spiro atoms. The summed E-state index contributed by atoms with van der Waals surface area (Å²) in [5.74, 6) is 1.83. The van der Waals surface area contributed by atoms with Gasteiger partial charge in [0, 0.05) is 43.9 Å². The number of ether oxygens (including phenoxy) is 2. The van der Waals surface area contributed by atoms with Gasteiger partial charge >= 0.3 is 0 Å². The Hall–Kier alpha value is -2.84. The monoisotopic (exact) mass is 449 g/mol. The Kier molecular flexibility index (Phi) is 6.12. The number of benzene rings is 1. The lowest BCUT2D eigenvalue weighted by atomic mass is 10.0. The number of fused-ring (bicyclic) bond motifs is 1. The second kappa shape index (κ2) is 9.19. The van der Waals surface area contributed by atoms with E-state index in [0.29, 0.717) is 19.2 Å². The molecule has 3 aliphatic rings. The molecular weight excluding hydrogens is 418 g/mol. The normalized spacial score (nSPS) is 21.5. The molecule has 0 amide bonds. The second-order valence-corrected chi connectivity index (χ2v) is 9.37. The van der Waals surface area contributed by atoms with Crippen molar-refractivity contribution in [3.05, 3.63) is 47.4 Å². The van der Waals surface area contributed by atoms with E-state index in [-0.39, 0.29) is 12.2 Å². The molecule has 2 aromatic rings. The molecule has 3 heterocycles. The van der Waals surface area contributed by atoms with Crippen LogP contribution in [0.15, 0.2) is 35.6 Å². The number of aliphatic imine (C=N–C) groups is 1. The van der Waals surface area contributed by atoms with E-state index in [1.165, 1.54) is 5.56 Å². The molecule has 1 atom stereocenters. The van der Waals surface area contributed by atoms with Crippen LogP contribution >= 0.6 is 0 Å². The van der Waals surface area contributed by atoms with Crippen LogP contribution in [0.3, 0.4) is 0 Å². The molecule has 2 aliphatic heterocycles. The van der Waals surface area contributed by atoms with Crippen LogP contribution in [0.2, 0.25) is 0 Å². The average Bonchev–Trinajstić information content (AvgIpc) is 3.39. The molecule has 2 fully saturated rings. The van der Waals surface area contributed by atoms with Crippen molar-refractivity contribution in [2.75, 3.05) is 44.3 Å². The van der Waals surface area contributed by atoms with E-state index in [2.05, 4.69) is 57.9 Å². The molecule has 0 unspecified atom stereocenters. The Morgan fingerprint density at radius 2 is 2.09 bits per heavy atom. The molecule has 8 nitrogen and oxygen atoms in total. The van der Waals surface area contributed by atoms with Gasteiger partial charge in [-0.05, 0) is 44.4 Å². The topological polar surface area (TPSA) is 80.2 Å².